The van der Waals surface area contributed by atoms with Gasteiger partial charge in [0.05, 0.1) is 0 Å². The van der Waals surface area contributed by atoms with Crippen molar-refractivity contribution in [1.82, 2.24) is 0 Å². The minimum absolute atomic E-state index is 0.862. The zero-order valence-electron chi connectivity index (χ0n) is 8.06. The Labute approximate surface area is 70.7 Å². The molecule has 1 aliphatic rings. The molecule has 0 amide bonds. The zero-order valence-corrected chi connectivity index (χ0v) is 8.06. The molecule has 0 saturated carbocycles. The highest BCUT2D eigenvalue weighted by molar-refractivity contribution is 5.06. The SMILES string of the molecule is CC1=CCCCC1CC(C)C. The highest BCUT2D eigenvalue weighted by Crippen LogP contribution is 2.29. The van der Waals surface area contributed by atoms with E-state index in [9.17, 15) is 0 Å². The van der Waals surface area contributed by atoms with Gasteiger partial charge >= 0.3 is 0 Å². The summed E-state index contributed by atoms with van der Waals surface area (Å²) in [6.45, 7) is 6.94. The quantitative estimate of drug-likeness (QED) is 0.528. The van der Waals surface area contributed by atoms with Gasteiger partial charge < -0.3 is 0 Å². The van der Waals surface area contributed by atoms with E-state index in [1.165, 1.54) is 25.7 Å². The molecule has 0 fully saturated rings. The molecule has 0 aromatic carbocycles. The molecule has 0 N–H and O–H groups in total. The zero-order chi connectivity index (χ0) is 8.27. The summed E-state index contributed by atoms with van der Waals surface area (Å²) in [7, 11) is 0. The first-order chi connectivity index (χ1) is 5.20. The van der Waals surface area contributed by atoms with Crippen molar-refractivity contribution in [1.29, 1.82) is 0 Å². The number of rotatable bonds is 2. The van der Waals surface area contributed by atoms with Crippen LogP contribution in [0.3, 0.4) is 0 Å². The summed E-state index contributed by atoms with van der Waals surface area (Å²) in [5.74, 6) is 1.77. The summed E-state index contributed by atoms with van der Waals surface area (Å²) in [6.07, 6.45) is 7.98. The van der Waals surface area contributed by atoms with E-state index in [2.05, 4.69) is 26.8 Å². The van der Waals surface area contributed by atoms with E-state index in [0.717, 1.165) is 11.8 Å². The maximum atomic E-state index is 2.43. The van der Waals surface area contributed by atoms with Gasteiger partial charge in [0.15, 0.2) is 0 Å². The lowest BCUT2D eigenvalue weighted by Crippen LogP contribution is -2.09. The Kier molecular flexibility index (Phi) is 3.16. The summed E-state index contributed by atoms with van der Waals surface area (Å²) in [6, 6.07) is 0. The third kappa shape index (κ3) is 2.69. The fraction of sp³-hybridized carbons (Fsp3) is 0.818. The standard InChI is InChI=1S/C11H20/c1-9(2)8-11-7-5-4-6-10(11)3/h6,9,11H,4-5,7-8H2,1-3H3. The Morgan fingerprint density at radius 3 is 2.82 bits per heavy atom. The van der Waals surface area contributed by atoms with E-state index in [0.29, 0.717) is 0 Å². The van der Waals surface area contributed by atoms with Crippen LogP contribution >= 0.6 is 0 Å². The molecular formula is C11H20. The minimum Gasteiger partial charge on any atom is -0.0853 e. The molecule has 1 aliphatic carbocycles. The van der Waals surface area contributed by atoms with E-state index in [-0.39, 0.29) is 0 Å². The van der Waals surface area contributed by atoms with Crippen molar-refractivity contribution >= 4 is 0 Å². The lowest BCUT2D eigenvalue weighted by molar-refractivity contribution is 0.411. The first-order valence-corrected chi connectivity index (χ1v) is 4.87. The van der Waals surface area contributed by atoms with Crippen LogP contribution in [0.1, 0.15) is 46.5 Å². The normalized spacial score (nSPS) is 25.5. The molecule has 1 rings (SSSR count). The van der Waals surface area contributed by atoms with Crippen LogP contribution < -0.4 is 0 Å². The van der Waals surface area contributed by atoms with Crippen molar-refractivity contribution < 1.29 is 0 Å². The van der Waals surface area contributed by atoms with Crippen LogP contribution in [0.2, 0.25) is 0 Å². The molecule has 0 aliphatic heterocycles. The van der Waals surface area contributed by atoms with Crippen LogP contribution in [0.15, 0.2) is 11.6 Å². The molecule has 0 spiro atoms. The molecule has 1 unspecified atom stereocenters. The van der Waals surface area contributed by atoms with Crippen LogP contribution in [0, 0.1) is 11.8 Å². The molecule has 0 aromatic rings. The fourth-order valence-corrected chi connectivity index (χ4v) is 1.96. The minimum atomic E-state index is 0.862. The summed E-state index contributed by atoms with van der Waals surface area (Å²) in [5, 5.41) is 0. The van der Waals surface area contributed by atoms with Crippen molar-refractivity contribution in [2.75, 3.05) is 0 Å². The predicted octanol–water partition coefficient (Wildman–Crippen LogP) is 3.78. The van der Waals surface area contributed by atoms with E-state index in [1.807, 2.05) is 0 Å². The summed E-state index contributed by atoms with van der Waals surface area (Å²) >= 11 is 0. The van der Waals surface area contributed by atoms with Gasteiger partial charge in [0.1, 0.15) is 0 Å². The van der Waals surface area contributed by atoms with Crippen LogP contribution in [0.25, 0.3) is 0 Å². The second kappa shape index (κ2) is 3.94. The van der Waals surface area contributed by atoms with Crippen LogP contribution in [-0.2, 0) is 0 Å². The smallest absolute Gasteiger partial charge is 0.0203 e. The molecular weight excluding hydrogens is 132 g/mol. The van der Waals surface area contributed by atoms with Crippen molar-refractivity contribution in [2.45, 2.75) is 46.5 Å². The maximum absolute atomic E-state index is 2.43. The molecule has 0 bridgehead atoms. The Bertz CT molecular complexity index is 142. The Morgan fingerprint density at radius 2 is 2.27 bits per heavy atom. The molecule has 1 atom stereocenters. The Balaban J connectivity index is 2.43. The van der Waals surface area contributed by atoms with E-state index in [4.69, 9.17) is 0 Å². The summed E-state index contributed by atoms with van der Waals surface area (Å²) < 4.78 is 0. The lowest BCUT2D eigenvalue weighted by Gasteiger charge is -2.23. The van der Waals surface area contributed by atoms with Crippen molar-refractivity contribution in [2.24, 2.45) is 11.8 Å². The molecule has 64 valence electrons. The number of hydrogen-bond acceptors (Lipinski definition) is 0. The maximum Gasteiger partial charge on any atom is -0.0203 e. The highest BCUT2D eigenvalue weighted by atomic mass is 14.2. The predicted molar refractivity (Wildman–Crippen MR) is 50.6 cm³/mol. The monoisotopic (exact) mass is 152 g/mol. The van der Waals surface area contributed by atoms with Gasteiger partial charge in [-0.15, -0.1) is 0 Å². The topological polar surface area (TPSA) is 0 Å². The summed E-state index contributed by atoms with van der Waals surface area (Å²) in [4.78, 5) is 0. The Hall–Kier alpha value is -0.260. The van der Waals surface area contributed by atoms with Crippen molar-refractivity contribution in [3.63, 3.8) is 0 Å². The van der Waals surface area contributed by atoms with Gasteiger partial charge in [0.25, 0.3) is 0 Å². The molecule has 0 nitrogen and oxygen atoms in total. The first-order valence-electron chi connectivity index (χ1n) is 4.87. The summed E-state index contributed by atoms with van der Waals surface area (Å²) in [5.41, 5.74) is 1.64. The van der Waals surface area contributed by atoms with Gasteiger partial charge in [-0.1, -0.05) is 25.5 Å². The van der Waals surface area contributed by atoms with Gasteiger partial charge in [0, 0.05) is 0 Å². The van der Waals surface area contributed by atoms with Gasteiger partial charge in [-0.3, -0.25) is 0 Å². The fourth-order valence-electron chi connectivity index (χ4n) is 1.96. The average molecular weight is 152 g/mol. The van der Waals surface area contributed by atoms with E-state index in [1.54, 1.807) is 5.57 Å². The lowest BCUT2D eigenvalue weighted by atomic mass is 9.83. The van der Waals surface area contributed by atoms with Gasteiger partial charge in [-0.25, -0.2) is 0 Å². The first kappa shape index (κ1) is 8.83. The third-order valence-corrected chi connectivity index (χ3v) is 2.62. The average Bonchev–Trinajstić information content (AvgIpc) is 1.93. The molecule has 0 radical (unpaired) electrons. The highest BCUT2D eigenvalue weighted by Gasteiger charge is 2.14. The molecule has 0 saturated heterocycles. The molecule has 11 heavy (non-hydrogen) atoms. The van der Waals surface area contributed by atoms with E-state index >= 15 is 0 Å². The number of allylic oxidation sites excluding steroid dienone is 2. The van der Waals surface area contributed by atoms with Crippen LogP contribution in [0.5, 0.6) is 0 Å². The van der Waals surface area contributed by atoms with Crippen LogP contribution in [-0.4, -0.2) is 0 Å². The van der Waals surface area contributed by atoms with Gasteiger partial charge in [0.2, 0.25) is 0 Å². The van der Waals surface area contributed by atoms with Crippen molar-refractivity contribution in [3.05, 3.63) is 11.6 Å². The van der Waals surface area contributed by atoms with E-state index < -0.39 is 0 Å². The van der Waals surface area contributed by atoms with Gasteiger partial charge in [-0.2, -0.15) is 0 Å². The number of hydrogen-bond donors (Lipinski definition) is 0. The molecule has 0 heterocycles. The molecule has 0 heteroatoms. The van der Waals surface area contributed by atoms with Gasteiger partial charge in [-0.05, 0) is 44.4 Å². The van der Waals surface area contributed by atoms with Crippen LogP contribution in [0.4, 0.5) is 0 Å². The largest absolute Gasteiger partial charge is 0.0853 e. The van der Waals surface area contributed by atoms with Crippen molar-refractivity contribution in [3.8, 4) is 0 Å². The molecule has 0 aromatic heterocycles. The third-order valence-electron chi connectivity index (χ3n) is 2.62. The second-order valence-corrected chi connectivity index (χ2v) is 4.21. The second-order valence-electron chi connectivity index (χ2n) is 4.21. The Morgan fingerprint density at radius 1 is 1.55 bits per heavy atom.